The first-order valence-corrected chi connectivity index (χ1v) is 4.92. The van der Waals surface area contributed by atoms with Gasteiger partial charge in [0.15, 0.2) is 0 Å². The van der Waals surface area contributed by atoms with Crippen LogP contribution in [0, 0.1) is 0 Å². The highest BCUT2D eigenvalue weighted by Gasteiger charge is 2.23. The predicted octanol–water partition coefficient (Wildman–Crippen LogP) is 2.21. The van der Waals surface area contributed by atoms with Crippen molar-refractivity contribution < 1.29 is 4.79 Å². The van der Waals surface area contributed by atoms with Gasteiger partial charge in [0.25, 0.3) is 0 Å². The lowest BCUT2D eigenvalue weighted by Crippen LogP contribution is -2.22. The van der Waals surface area contributed by atoms with Crippen molar-refractivity contribution in [1.82, 2.24) is 9.78 Å². The predicted molar refractivity (Wildman–Crippen MR) is 58.4 cm³/mol. The van der Waals surface area contributed by atoms with Crippen LogP contribution in [0.3, 0.4) is 0 Å². The Morgan fingerprint density at radius 1 is 1.33 bits per heavy atom. The van der Waals surface area contributed by atoms with Crippen LogP contribution < -0.4 is 0 Å². The van der Waals surface area contributed by atoms with Crippen molar-refractivity contribution in [2.75, 3.05) is 0 Å². The van der Waals surface area contributed by atoms with Crippen LogP contribution in [0.25, 0.3) is 0 Å². The molecule has 1 heterocycles. The Balaban J connectivity index is 3.09. The SMILES string of the molecule is CC(C)(N=C=O)c1cnn(C(C)(C)C)c1. The van der Waals surface area contributed by atoms with Crippen LogP contribution in [-0.2, 0) is 15.9 Å². The van der Waals surface area contributed by atoms with E-state index in [0.29, 0.717) is 0 Å². The molecule has 0 unspecified atom stereocenters. The van der Waals surface area contributed by atoms with E-state index < -0.39 is 5.54 Å². The summed E-state index contributed by atoms with van der Waals surface area (Å²) in [4.78, 5) is 14.0. The average molecular weight is 207 g/mol. The van der Waals surface area contributed by atoms with Crippen LogP contribution in [0.1, 0.15) is 40.2 Å². The molecule has 0 aliphatic rings. The van der Waals surface area contributed by atoms with Gasteiger partial charge in [0.2, 0.25) is 6.08 Å². The molecule has 0 saturated carbocycles. The molecule has 0 amide bonds. The second-order valence-electron chi connectivity index (χ2n) is 5.11. The highest BCUT2D eigenvalue weighted by atomic mass is 16.1. The van der Waals surface area contributed by atoms with Crippen molar-refractivity contribution in [3.63, 3.8) is 0 Å². The Kier molecular flexibility index (Phi) is 2.82. The maximum atomic E-state index is 10.3. The Bertz CT molecular complexity index is 392. The van der Waals surface area contributed by atoms with Crippen molar-refractivity contribution in [2.24, 2.45) is 4.99 Å². The second kappa shape index (κ2) is 3.63. The van der Waals surface area contributed by atoms with E-state index in [1.165, 1.54) is 0 Å². The number of carbonyl (C=O) groups excluding carboxylic acids is 1. The summed E-state index contributed by atoms with van der Waals surface area (Å²) in [5.41, 5.74) is 0.311. The van der Waals surface area contributed by atoms with Gasteiger partial charge in [0, 0.05) is 11.8 Å². The van der Waals surface area contributed by atoms with E-state index >= 15 is 0 Å². The molecule has 0 bridgehead atoms. The van der Waals surface area contributed by atoms with Crippen LogP contribution >= 0.6 is 0 Å². The summed E-state index contributed by atoms with van der Waals surface area (Å²) in [7, 11) is 0. The number of aromatic nitrogens is 2. The van der Waals surface area contributed by atoms with Crippen LogP contribution in [-0.4, -0.2) is 15.9 Å². The maximum absolute atomic E-state index is 10.3. The maximum Gasteiger partial charge on any atom is 0.235 e. The third-order valence-corrected chi connectivity index (χ3v) is 2.30. The molecule has 4 nitrogen and oxygen atoms in total. The number of rotatable bonds is 2. The van der Waals surface area contributed by atoms with Crippen LogP contribution in [0.15, 0.2) is 17.4 Å². The van der Waals surface area contributed by atoms with Crippen molar-refractivity contribution in [3.8, 4) is 0 Å². The smallest absolute Gasteiger partial charge is 0.235 e. The average Bonchev–Trinajstić information content (AvgIpc) is 2.50. The molecule has 0 radical (unpaired) electrons. The van der Waals surface area contributed by atoms with Gasteiger partial charge in [-0.3, -0.25) is 4.68 Å². The Hall–Kier alpha value is -1.41. The van der Waals surface area contributed by atoms with Crippen molar-refractivity contribution in [3.05, 3.63) is 18.0 Å². The molecule has 0 aromatic carbocycles. The molecule has 4 heteroatoms. The summed E-state index contributed by atoms with van der Waals surface area (Å²) in [6.45, 7) is 9.93. The van der Waals surface area contributed by atoms with Crippen LogP contribution in [0.4, 0.5) is 0 Å². The molecule has 0 N–H and O–H groups in total. The first-order chi connectivity index (χ1) is 6.77. The summed E-state index contributed by atoms with van der Waals surface area (Å²) in [5.74, 6) is 0. The van der Waals surface area contributed by atoms with Crippen LogP contribution in [0.5, 0.6) is 0 Å². The lowest BCUT2D eigenvalue weighted by atomic mass is 9.99. The van der Waals surface area contributed by atoms with Crippen molar-refractivity contribution in [1.29, 1.82) is 0 Å². The van der Waals surface area contributed by atoms with E-state index in [-0.39, 0.29) is 5.54 Å². The molecular weight excluding hydrogens is 190 g/mol. The van der Waals surface area contributed by atoms with E-state index in [0.717, 1.165) is 5.56 Å². The van der Waals surface area contributed by atoms with Gasteiger partial charge in [-0.15, -0.1) is 0 Å². The third-order valence-electron chi connectivity index (χ3n) is 2.30. The Morgan fingerprint density at radius 2 is 1.93 bits per heavy atom. The molecule has 0 saturated heterocycles. The van der Waals surface area contributed by atoms with Gasteiger partial charge in [-0.05, 0) is 34.6 Å². The minimum absolute atomic E-state index is 0.0563. The van der Waals surface area contributed by atoms with Gasteiger partial charge in [-0.25, -0.2) is 4.79 Å². The molecular formula is C11H17N3O. The molecule has 1 rings (SSSR count). The van der Waals surface area contributed by atoms with Gasteiger partial charge >= 0.3 is 0 Å². The monoisotopic (exact) mass is 207 g/mol. The number of nitrogens with zero attached hydrogens (tertiary/aromatic N) is 3. The molecule has 0 atom stereocenters. The van der Waals surface area contributed by atoms with Gasteiger partial charge in [0.1, 0.15) is 0 Å². The molecule has 0 aliphatic heterocycles. The molecule has 82 valence electrons. The fourth-order valence-corrected chi connectivity index (χ4v) is 1.18. The summed E-state index contributed by atoms with van der Waals surface area (Å²) >= 11 is 0. The molecule has 0 spiro atoms. The van der Waals surface area contributed by atoms with E-state index in [4.69, 9.17) is 0 Å². The lowest BCUT2D eigenvalue weighted by molar-refractivity contribution is 0.354. The standard InChI is InChI=1S/C11H17N3O/c1-10(2,3)14-7-9(6-13-14)11(4,5)12-8-15/h6-7H,1-5H3. The van der Waals surface area contributed by atoms with E-state index in [9.17, 15) is 4.79 Å². The third kappa shape index (κ3) is 2.54. The minimum Gasteiger partial charge on any atom is -0.267 e. The summed E-state index contributed by atoms with van der Waals surface area (Å²) in [5, 5.41) is 4.26. The lowest BCUT2D eigenvalue weighted by Gasteiger charge is -2.19. The molecule has 1 aromatic rings. The molecule has 0 fully saturated rings. The van der Waals surface area contributed by atoms with Crippen molar-refractivity contribution >= 4 is 6.08 Å². The zero-order valence-corrected chi connectivity index (χ0v) is 9.90. The van der Waals surface area contributed by atoms with Crippen LogP contribution in [0.2, 0.25) is 0 Å². The Labute approximate surface area is 90.0 Å². The van der Waals surface area contributed by atoms with E-state index in [1.807, 2.05) is 24.7 Å². The van der Waals surface area contributed by atoms with Gasteiger partial charge in [-0.2, -0.15) is 10.1 Å². The van der Waals surface area contributed by atoms with Gasteiger partial charge in [0.05, 0.1) is 17.3 Å². The highest BCUT2D eigenvalue weighted by Crippen LogP contribution is 2.25. The zero-order valence-electron chi connectivity index (χ0n) is 9.90. The number of aliphatic imine (C=N–C) groups is 1. The summed E-state index contributed by atoms with van der Waals surface area (Å²) in [6, 6.07) is 0. The summed E-state index contributed by atoms with van der Waals surface area (Å²) in [6.07, 6.45) is 5.25. The first kappa shape index (κ1) is 11.7. The number of hydrogen-bond donors (Lipinski definition) is 0. The van der Waals surface area contributed by atoms with Crippen molar-refractivity contribution in [2.45, 2.75) is 45.7 Å². The Morgan fingerprint density at radius 3 is 2.33 bits per heavy atom. The molecule has 0 aliphatic carbocycles. The minimum atomic E-state index is -0.550. The number of hydrogen-bond acceptors (Lipinski definition) is 3. The molecule has 15 heavy (non-hydrogen) atoms. The first-order valence-electron chi connectivity index (χ1n) is 4.92. The quantitative estimate of drug-likeness (QED) is 0.551. The normalized spacial score (nSPS) is 12.3. The highest BCUT2D eigenvalue weighted by molar-refractivity contribution is 5.36. The summed E-state index contributed by atoms with van der Waals surface area (Å²) < 4.78 is 1.87. The van der Waals surface area contributed by atoms with Gasteiger partial charge < -0.3 is 0 Å². The van der Waals surface area contributed by atoms with E-state index in [2.05, 4.69) is 30.9 Å². The second-order valence-corrected chi connectivity index (χ2v) is 5.11. The fourth-order valence-electron chi connectivity index (χ4n) is 1.18. The van der Waals surface area contributed by atoms with E-state index in [1.54, 1.807) is 12.3 Å². The van der Waals surface area contributed by atoms with Gasteiger partial charge in [-0.1, -0.05) is 0 Å². The molecule has 1 aromatic heterocycles. The number of isocyanates is 1. The largest absolute Gasteiger partial charge is 0.267 e. The zero-order chi connectivity index (χ0) is 11.7. The fraction of sp³-hybridized carbons (Fsp3) is 0.636. The topological polar surface area (TPSA) is 47.2 Å².